The van der Waals surface area contributed by atoms with Crippen molar-refractivity contribution in [3.63, 3.8) is 0 Å². The summed E-state index contributed by atoms with van der Waals surface area (Å²) in [4.78, 5) is 27.3. The molecule has 200 valence electrons. The van der Waals surface area contributed by atoms with Crippen LogP contribution in [-0.2, 0) is 4.79 Å². The van der Waals surface area contributed by atoms with Gasteiger partial charge in [0.1, 0.15) is 5.75 Å². The number of amides is 1. The maximum atomic E-state index is 11.8. The van der Waals surface area contributed by atoms with Gasteiger partial charge in [0.15, 0.2) is 0 Å². The van der Waals surface area contributed by atoms with E-state index in [1.807, 2.05) is 42.5 Å². The number of rotatable bonds is 7. The summed E-state index contributed by atoms with van der Waals surface area (Å²) >= 11 is 6.18. The number of benzene rings is 2. The molecular formula is C29H30ClN7O2. The largest absolute Gasteiger partial charge is 0.488 e. The third kappa shape index (κ3) is 6.21. The van der Waals surface area contributed by atoms with Crippen molar-refractivity contribution in [3.8, 4) is 5.75 Å². The molecule has 9 nitrogen and oxygen atoms in total. The Morgan fingerprint density at radius 3 is 2.62 bits per heavy atom. The summed E-state index contributed by atoms with van der Waals surface area (Å²) in [5.41, 5.74) is 3.38. The predicted molar refractivity (Wildman–Crippen MR) is 153 cm³/mol. The molecule has 3 heterocycles. The molecule has 0 atom stereocenters. The molecule has 2 fully saturated rings. The van der Waals surface area contributed by atoms with Crippen molar-refractivity contribution in [1.29, 1.82) is 0 Å². The second kappa shape index (κ2) is 11.4. The monoisotopic (exact) mass is 543 g/mol. The number of hydrogen-bond acceptors (Lipinski definition) is 8. The lowest BCUT2D eigenvalue weighted by atomic mass is 9.91. The Balaban J connectivity index is 1.18. The fraction of sp³-hybridized carbons (Fsp3) is 0.310. The van der Waals surface area contributed by atoms with Gasteiger partial charge in [-0.15, -0.1) is 0 Å². The zero-order valence-corrected chi connectivity index (χ0v) is 22.2. The van der Waals surface area contributed by atoms with E-state index in [1.165, 1.54) is 0 Å². The lowest BCUT2D eigenvalue weighted by Crippen LogP contribution is -2.52. The van der Waals surface area contributed by atoms with E-state index < -0.39 is 0 Å². The van der Waals surface area contributed by atoms with Crippen molar-refractivity contribution in [2.45, 2.75) is 37.8 Å². The molecule has 10 heteroatoms. The topological polar surface area (TPSA) is 104 Å². The van der Waals surface area contributed by atoms with E-state index in [2.05, 4.69) is 35.8 Å². The van der Waals surface area contributed by atoms with E-state index in [1.54, 1.807) is 24.7 Å². The van der Waals surface area contributed by atoms with Gasteiger partial charge >= 0.3 is 0 Å². The molecule has 0 spiro atoms. The van der Waals surface area contributed by atoms with Crippen molar-refractivity contribution in [1.82, 2.24) is 25.2 Å². The number of nitrogens with zero attached hydrogens (tertiary/aromatic N) is 4. The van der Waals surface area contributed by atoms with Gasteiger partial charge in [-0.05, 0) is 74.2 Å². The SMILES string of the molecule is O=C1CN(C2CCC(Oc3ccc(Nc4cnc5ccc(Cl)cc5c4)cc3Nc3ncccn3)CC2)CCN1. The Kier molecular flexibility index (Phi) is 7.42. The molecule has 2 aliphatic rings. The van der Waals surface area contributed by atoms with Gasteiger partial charge in [-0.3, -0.25) is 14.7 Å². The Bertz CT molecular complexity index is 1460. The van der Waals surface area contributed by atoms with Crippen LogP contribution in [-0.4, -0.2) is 57.5 Å². The van der Waals surface area contributed by atoms with Crippen LogP contribution in [0.5, 0.6) is 5.75 Å². The molecule has 1 aliphatic heterocycles. The maximum absolute atomic E-state index is 11.8. The van der Waals surface area contributed by atoms with Gasteiger partial charge in [0.2, 0.25) is 11.9 Å². The highest BCUT2D eigenvalue weighted by Gasteiger charge is 2.29. The van der Waals surface area contributed by atoms with Crippen LogP contribution in [0.2, 0.25) is 5.02 Å². The summed E-state index contributed by atoms with van der Waals surface area (Å²) in [7, 11) is 0. The van der Waals surface area contributed by atoms with Crippen LogP contribution in [0.15, 0.2) is 67.1 Å². The number of halogens is 1. The minimum atomic E-state index is 0.102. The van der Waals surface area contributed by atoms with Gasteiger partial charge in [-0.25, -0.2) is 9.97 Å². The summed E-state index contributed by atoms with van der Waals surface area (Å²) in [5, 5.41) is 11.3. The molecule has 2 aromatic carbocycles. The van der Waals surface area contributed by atoms with Crippen molar-refractivity contribution in [2.75, 3.05) is 30.3 Å². The fourth-order valence-corrected chi connectivity index (χ4v) is 5.49. The molecule has 3 N–H and O–H groups in total. The second-order valence-corrected chi connectivity index (χ2v) is 10.4. The second-order valence-electron chi connectivity index (χ2n) is 9.96. The first-order valence-electron chi connectivity index (χ1n) is 13.3. The molecule has 0 bridgehead atoms. The molecular weight excluding hydrogens is 514 g/mol. The minimum absolute atomic E-state index is 0.102. The first-order chi connectivity index (χ1) is 19.1. The highest BCUT2D eigenvalue weighted by molar-refractivity contribution is 6.31. The van der Waals surface area contributed by atoms with Gasteiger partial charge in [-0.1, -0.05) is 11.6 Å². The highest BCUT2D eigenvalue weighted by atomic mass is 35.5. The predicted octanol–water partition coefficient (Wildman–Crippen LogP) is 5.29. The number of pyridine rings is 1. The summed E-state index contributed by atoms with van der Waals surface area (Å²) < 4.78 is 6.52. The Labute approximate surface area is 232 Å². The lowest BCUT2D eigenvalue weighted by molar-refractivity contribution is -0.125. The van der Waals surface area contributed by atoms with Gasteiger partial charge in [0.25, 0.3) is 0 Å². The van der Waals surface area contributed by atoms with E-state index in [4.69, 9.17) is 16.3 Å². The molecule has 0 radical (unpaired) electrons. The lowest BCUT2D eigenvalue weighted by Gasteiger charge is -2.38. The van der Waals surface area contributed by atoms with Crippen LogP contribution in [0.25, 0.3) is 10.9 Å². The smallest absolute Gasteiger partial charge is 0.234 e. The Morgan fingerprint density at radius 2 is 1.79 bits per heavy atom. The molecule has 4 aromatic rings. The summed E-state index contributed by atoms with van der Waals surface area (Å²) in [6, 6.07) is 15.8. The molecule has 0 unspecified atom stereocenters. The Morgan fingerprint density at radius 1 is 0.949 bits per heavy atom. The van der Waals surface area contributed by atoms with Gasteiger partial charge in [0.05, 0.1) is 35.7 Å². The number of fused-ring (bicyclic) bond motifs is 1. The standard InChI is InChI=1S/C29H30ClN7O2/c30-20-2-8-25-19(14-20)15-22(17-34-25)35-21-3-9-27(26(16-21)36-29-32-10-1-11-33-29)39-24-6-4-23(5-7-24)37-13-12-31-28(38)18-37/h1-3,8-11,14-17,23-24,35H,4-7,12-13,18H2,(H,31,38)(H,32,33,36). The average molecular weight is 544 g/mol. The molecule has 1 aliphatic carbocycles. The molecule has 6 rings (SSSR count). The van der Waals surface area contributed by atoms with E-state index in [0.29, 0.717) is 23.6 Å². The van der Waals surface area contributed by atoms with Crippen LogP contribution < -0.4 is 20.7 Å². The zero-order valence-electron chi connectivity index (χ0n) is 21.4. The number of hydrogen-bond donors (Lipinski definition) is 3. The number of nitrogens with one attached hydrogen (secondary N) is 3. The Hall–Kier alpha value is -3.95. The van der Waals surface area contributed by atoms with Crippen LogP contribution >= 0.6 is 11.6 Å². The van der Waals surface area contributed by atoms with Crippen molar-refractivity contribution in [3.05, 3.63) is 72.1 Å². The number of carbonyl (C=O) groups is 1. The van der Waals surface area contributed by atoms with Gasteiger partial charge in [-0.2, -0.15) is 0 Å². The summed E-state index contributed by atoms with van der Waals surface area (Å²) in [6.07, 6.45) is 9.22. The third-order valence-corrected chi connectivity index (χ3v) is 7.48. The van der Waals surface area contributed by atoms with Gasteiger partial charge < -0.3 is 20.7 Å². The van der Waals surface area contributed by atoms with E-state index >= 15 is 0 Å². The van der Waals surface area contributed by atoms with E-state index in [-0.39, 0.29) is 12.0 Å². The van der Waals surface area contributed by atoms with Crippen LogP contribution in [0, 0.1) is 0 Å². The van der Waals surface area contributed by atoms with Crippen LogP contribution in [0.1, 0.15) is 25.7 Å². The minimum Gasteiger partial charge on any atom is -0.488 e. The molecule has 2 aromatic heterocycles. The van der Waals surface area contributed by atoms with Gasteiger partial charge in [0, 0.05) is 47.6 Å². The normalized spacial score (nSPS) is 19.9. The van der Waals surface area contributed by atoms with Crippen molar-refractivity contribution < 1.29 is 9.53 Å². The number of anilines is 4. The molecule has 1 amide bonds. The maximum Gasteiger partial charge on any atom is 0.234 e. The number of ether oxygens (including phenoxy) is 1. The molecule has 1 saturated carbocycles. The van der Waals surface area contributed by atoms with Crippen molar-refractivity contribution >= 4 is 51.4 Å². The number of piperazine rings is 1. The highest BCUT2D eigenvalue weighted by Crippen LogP contribution is 2.35. The molecule has 39 heavy (non-hydrogen) atoms. The first kappa shape index (κ1) is 25.3. The number of carbonyl (C=O) groups excluding carboxylic acids is 1. The van der Waals surface area contributed by atoms with Crippen LogP contribution in [0.3, 0.4) is 0 Å². The zero-order chi connectivity index (χ0) is 26.6. The van der Waals surface area contributed by atoms with Crippen molar-refractivity contribution in [2.24, 2.45) is 0 Å². The van der Waals surface area contributed by atoms with Crippen LogP contribution in [0.4, 0.5) is 23.0 Å². The quantitative estimate of drug-likeness (QED) is 0.289. The average Bonchev–Trinajstić information content (AvgIpc) is 2.95. The third-order valence-electron chi connectivity index (χ3n) is 7.25. The van der Waals surface area contributed by atoms with E-state index in [9.17, 15) is 4.79 Å². The number of aromatic nitrogens is 3. The molecule has 1 saturated heterocycles. The first-order valence-corrected chi connectivity index (χ1v) is 13.6. The fourth-order valence-electron chi connectivity index (χ4n) is 5.31. The summed E-state index contributed by atoms with van der Waals surface area (Å²) in [5.74, 6) is 1.36. The van der Waals surface area contributed by atoms with E-state index in [0.717, 1.165) is 72.5 Å². The summed E-state index contributed by atoms with van der Waals surface area (Å²) in [6.45, 7) is 2.14.